The van der Waals surface area contributed by atoms with E-state index in [0.29, 0.717) is 5.69 Å². The maximum absolute atomic E-state index is 12.7. The van der Waals surface area contributed by atoms with Crippen LogP contribution in [0.3, 0.4) is 0 Å². The summed E-state index contributed by atoms with van der Waals surface area (Å²) >= 11 is 0. The summed E-state index contributed by atoms with van der Waals surface area (Å²) in [7, 11) is 0. The molecule has 1 aliphatic heterocycles. The molecule has 114 valence electrons. The van der Waals surface area contributed by atoms with Crippen molar-refractivity contribution in [2.75, 3.05) is 6.54 Å². The smallest absolute Gasteiger partial charge is 0.276 e. The normalized spacial score (nSPS) is 21.3. The quantitative estimate of drug-likeness (QED) is 0.866. The molecular formula is C18H20N2O2. The first-order valence-corrected chi connectivity index (χ1v) is 8.13. The Morgan fingerprint density at radius 2 is 2.05 bits per heavy atom. The van der Waals surface area contributed by atoms with Crippen LogP contribution in [0.1, 0.15) is 53.5 Å². The number of hydrogen-bond donors (Lipinski definition) is 0. The SMILES string of the molecule is O=C(c1cc(CC2CC2)on1)N1CCCC1c1ccccc1. The van der Waals surface area contributed by atoms with Gasteiger partial charge in [0, 0.05) is 19.0 Å². The molecule has 1 saturated carbocycles. The maximum Gasteiger partial charge on any atom is 0.276 e. The molecule has 1 saturated heterocycles. The van der Waals surface area contributed by atoms with Crippen molar-refractivity contribution in [3.05, 3.63) is 53.4 Å². The molecule has 4 nitrogen and oxygen atoms in total. The molecule has 4 rings (SSSR count). The van der Waals surface area contributed by atoms with Crippen LogP contribution in [0.5, 0.6) is 0 Å². The number of rotatable bonds is 4. The zero-order valence-corrected chi connectivity index (χ0v) is 12.6. The van der Waals surface area contributed by atoms with Gasteiger partial charge in [-0.15, -0.1) is 0 Å². The van der Waals surface area contributed by atoms with E-state index in [1.807, 2.05) is 29.2 Å². The molecule has 1 aromatic heterocycles. The van der Waals surface area contributed by atoms with Gasteiger partial charge in [-0.3, -0.25) is 4.79 Å². The predicted octanol–water partition coefficient (Wildman–Crippen LogP) is 3.60. The summed E-state index contributed by atoms with van der Waals surface area (Å²) in [5, 5.41) is 4.00. The van der Waals surface area contributed by atoms with E-state index in [9.17, 15) is 4.79 Å². The number of likely N-dealkylation sites (tertiary alicyclic amines) is 1. The van der Waals surface area contributed by atoms with Crippen LogP contribution in [-0.4, -0.2) is 22.5 Å². The molecule has 0 bridgehead atoms. The number of carbonyl (C=O) groups excluding carboxylic acids is 1. The molecule has 4 heteroatoms. The molecule has 0 spiro atoms. The predicted molar refractivity (Wildman–Crippen MR) is 82.4 cm³/mol. The summed E-state index contributed by atoms with van der Waals surface area (Å²) in [6.45, 7) is 0.795. The molecule has 2 heterocycles. The Hall–Kier alpha value is -2.10. The lowest BCUT2D eigenvalue weighted by Gasteiger charge is -2.24. The van der Waals surface area contributed by atoms with Crippen molar-refractivity contribution in [2.24, 2.45) is 5.92 Å². The third kappa shape index (κ3) is 2.65. The van der Waals surface area contributed by atoms with E-state index in [2.05, 4.69) is 17.3 Å². The van der Waals surface area contributed by atoms with E-state index in [0.717, 1.165) is 37.5 Å². The summed E-state index contributed by atoms with van der Waals surface area (Å²) in [4.78, 5) is 14.7. The molecule has 1 aliphatic carbocycles. The third-order valence-electron chi connectivity index (χ3n) is 4.66. The standard InChI is InChI=1S/C18H20N2O2/c21-18(16-12-15(22-19-16)11-13-8-9-13)20-10-4-7-17(20)14-5-2-1-3-6-14/h1-3,5-6,12-13,17H,4,7-11H2. The zero-order valence-electron chi connectivity index (χ0n) is 12.6. The Balaban J connectivity index is 1.52. The number of nitrogens with zero attached hydrogens (tertiary/aromatic N) is 2. The minimum Gasteiger partial charge on any atom is -0.361 e. The fourth-order valence-corrected chi connectivity index (χ4v) is 3.30. The van der Waals surface area contributed by atoms with Crippen molar-refractivity contribution in [3.63, 3.8) is 0 Å². The van der Waals surface area contributed by atoms with E-state index in [1.165, 1.54) is 18.4 Å². The van der Waals surface area contributed by atoms with Gasteiger partial charge in [-0.05, 0) is 37.2 Å². The molecule has 2 aliphatic rings. The summed E-state index contributed by atoms with van der Waals surface area (Å²) in [5.74, 6) is 1.58. The van der Waals surface area contributed by atoms with Crippen molar-refractivity contribution in [1.29, 1.82) is 0 Å². The topological polar surface area (TPSA) is 46.3 Å². The number of benzene rings is 1. The monoisotopic (exact) mass is 296 g/mol. The molecule has 2 aromatic rings. The highest BCUT2D eigenvalue weighted by atomic mass is 16.5. The van der Waals surface area contributed by atoms with Gasteiger partial charge in [0.1, 0.15) is 5.76 Å². The molecule has 0 N–H and O–H groups in total. The average molecular weight is 296 g/mol. The molecule has 1 atom stereocenters. The zero-order chi connectivity index (χ0) is 14.9. The second-order valence-electron chi connectivity index (χ2n) is 6.39. The van der Waals surface area contributed by atoms with Gasteiger partial charge in [0.15, 0.2) is 5.69 Å². The van der Waals surface area contributed by atoms with Crippen LogP contribution < -0.4 is 0 Å². The van der Waals surface area contributed by atoms with Crippen LogP contribution >= 0.6 is 0 Å². The molecule has 2 fully saturated rings. The minimum absolute atomic E-state index is 0.00264. The highest BCUT2D eigenvalue weighted by Gasteiger charge is 2.32. The third-order valence-corrected chi connectivity index (χ3v) is 4.66. The summed E-state index contributed by atoms with van der Waals surface area (Å²) in [6, 6.07) is 12.3. The first kappa shape index (κ1) is 13.6. The Labute approximate surface area is 130 Å². The van der Waals surface area contributed by atoms with Crippen molar-refractivity contribution >= 4 is 5.91 Å². The van der Waals surface area contributed by atoms with E-state index in [4.69, 9.17) is 4.52 Å². The van der Waals surface area contributed by atoms with Crippen LogP contribution in [0.15, 0.2) is 40.9 Å². The van der Waals surface area contributed by atoms with Crippen LogP contribution in [0.2, 0.25) is 0 Å². The number of hydrogen-bond acceptors (Lipinski definition) is 3. The lowest BCUT2D eigenvalue weighted by atomic mass is 10.0. The van der Waals surface area contributed by atoms with Gasteiger partial charge < -0.3 is 9.42 Å². The first-order valence-electron chi connectivity index (χ1n) is 8.13. The average Bonchev–Trinajstić information content (AvgIpc) is 3.04. The van der Waals surface area contributed by atoms with E-state index >= 15 is 0 Å². The number of carbonyl (C=O) groups is 1. The lowest BCUT2D eigenvalue weighted by Crippen LogP contribution is -2.30. The van der Waals surface area contributed by atoms with Crippen LogP contribution in [0.4, 0.5) is 0 Å². The fraction of sp³-hybridized carbons (Fsp3) is 0.444. The van der Waals surface area contributed by atoms with E-state index in [-0.39, 0.29) is 11.9 Å². The molecular weight excluding hydrogens is 276 g/mol. The number of aromatic nitrogens is 1. The first-order chi connectivity index (χ1) is 10.8. The van der Waals surface area contributed by atoms with E-state index < -0.39 is 0 Å². The Morgan fingerprint density at radius 1 is 1.23 bits per heavy atom. The summed E-state index contributed by atoms with van der Waals surface area (Å²) in [6.07, 6.45) is 5.52. The fourth-order valence-electron chi connectivity index (χ4n) is 3.30. The highest BCUT2D eigenvalue weighted by molar-refractivity contribution is 5.92. The van der Waals surface area contributed by atoms with Crippen LogP contribution in [0.25, 0.3) is 0 Å². The largest absolute Gasteiger partial charge is 0.361 e. The van der Waals surface area contributed by atoms with E-state index in [1.54, 1.807) is 0 Å². The van der Waals surface area contributed by atoms with Crippen LogP contribution in [-0.2, 0) is 6.42 Å². The van der Waals surface area contributed by atoms with Gasteiger partial charge in [0.25, 0.3) is 5.91 Å². The molecule has 0 radical (unpaired) electrons. The second-order valence-corrected chi connectivity index (χ2v) is 6.39. The molecule has 1 aromatic carbocycles. The van der Waals surface area contributed by atoms with Crippen molar-refractivity contribution < 1.29 is 9.32 Å². The van der Waals surface area contributed by atoms with Gasteiger partial charge in [-0.2, -0.15) is 0 Å². The Kier molecular flexibility index (Phi) is 3.45. The van der Waals surface area contributed by atoms with Gasteiger partial charge in [0.2, 0.25) is 0 Å². The van der Waals surface area contributed by atoms with Crippen molar-refractivity contribution in [2.45, 2.75) is 38.1 Å². The minimum atomic E-state index is -0.00264. The van der Waals surface area contributed by atoms with Gasteiger partial charge in [0.05, 0.1) is 6.04 Å². The van der Waals surface area contributed by atoms with Crippen molar-refractivity contribution in [3.8, 4) is 0 Å². The Morgan fingerprint density at radius 3 is 2.82 bits per heavy atom. The summed E-state index contributed by atoms with van der Waals surface area (Å²) < 4.78 is 5.34. The van der Waals surface area contributed by atoms with Gasteiger partial charge in [-0.25, -0.2) is 0 Å². The lowest BCUT2D eigenvalue weighted by molar-refractivity contribution is 0.0725. The number of amides is 1. The Bertz CT molecular complexity index is 661. The van der Waals surface area contributed by atoms with Crippen LogP contribution in [0, 0.1) is 5.92 Å². The summed E-state index contributed by atoms with van der Waals surface area (Å²) in [5.41, 5.74) is 1.66. The highest BCUT2D eigenvalue weighted by Crippen LogP contribution is 2.34. The second kappa shape index (κ2) is 5.59. The molecule has 1 amide bonds. The van der Waals surface area contributed by atoms with Gasteiger partial charge >= 0.3 is 0 Å². The van der Waals surface area contributed by atoms with Gasteiger partial charge in [-0.1, -0.05) is 35.5 Å². The molecule has 1 unspecified atom stereocenters. The maximum atomic E-state index is 12.7. The molecule has 22 heavy (non-hydrogen) atoms. The van der Waals surface area contributed by atoms with Crippen molar-refractivity contribution in [1.82, 2.24) is 10.1 Å².